The summed E-state index contributed by atoms with van der Waals surface area (Å²) >= 11 is 5.96. The molecule has 0 atom stereocenters. The zero-order chi connectivity index (χ0) is 25.6. The first kappa shape index (κ1) is 23.3. The fourth-order valence-electron chi connectivity index (χ4n) is 4.00. The van der Waals surface area contributed by atoms with E-state index in [0.29, 0.717) is 32.9 Å². The molecule has 0 fully saturated rings. The molecule has 0 spiro atoms. The fraction of sp³-hybridized carbons (Fsp3) is 0.0400. The third-order valence-electron chi connectivity index (χ3n) is 5.47. The Labute approximate surface area is 209 Å². The average molecular weight is 518 g/mol. The molecule has 3 aromatic carbocycles. The predicted molar refractivity (Wildman–Crippen MR) is 138 cm³/mol. The van der Waals surface area contributed by atoms with Crippen LogP contribution < -0.4 is 16.0 Å². The van der Waals surface area contributed by atoms with Crippen LogP contribution in [0.4, 0.5) is 5.69 Å². The Balaban J connectivity index is 1.89. The number of nitrogens with one attached hydrogen (secondary N) is 1. The van der Waals surface area contributed by atoms with Crippen molar-refractivity contribution >= 4 is 38.2 Å². The number of anilines is 1. The van der Waals surface area contributed by atoms with E-state index >= 15 is 0 Å². The van der Waals surface area contributed by atoms with Gasteiger partial charge in [0.25, 0.3) is 5.56 Å². The second kappa shape index (κ2) is 8.64. The lowest BCUT2D eigenvalue weighted by Crippen LogP contribution is -2.36. The second-order valence-electron chi connectivity index (χ2n) is 8.04. The highest BCUT2D eigenvalue weighted by Crippen LogP contribution is 2.30. The van der Waals surface area contributed by atoms with Crippen LogP contribution in [0.5, 0.6) is 0 Å². The first-order valence-corrected chi connectivity index (χ1v) is 12.8. The van der Waals surface area contributed by atoms with Crippen LogP contribution in [0.25, 0.3) is 33.7 Å². The molecule has 0 bridgehead atoms. The molecule has 0 aliphatic carbocycles. The molecule has 5 rings (SSSR count). The number of nitriles is 1. The minimum Gasteiger partial charge on any atom is -0.293 e. The van der Waals surface area contributed by atoms with Gasteiger partial charge in [0.05, 0.1) is 40.3 Å². The van der Waals surface area contributed by atoms with Crippen molar-refractivity contribution in [3.05, 3.63) is 104 Å². The van der Waals surface area contributed by atoms with E-state index < -0.39 is 21.3 Å². The van der Waals surface area contributed by atoms with E-state index in [-0.39, 0.29) is 17.1 Å². The van der Waals surface area contributed by atoms with Crippen molar-refractivity contribution in [2.75, 3.05) is 11.0 Å². The van der Waals surface area contributed by atoms with Crippen LogP contribution in [-0.4, -0.2) is 28.8 Å². The summed E-state index contributed by atoms with van der Waals surface area (Å²) in [6.07, 6.45) is 1.03. The Morgan fingerprint density at radius 3 is 2.39 bits per heavy atom. The zero-order valence-corrected chi connectivity index (χ0v) is 20.2. The standard InChI is InChI=1S/C25H16ClN5O4S/c1-36(34,35)29-18-3-2-4-20(13-18)30-22-11-15(14-27)5-6-16(22)12-21-23(30)28-25(33)31(24(21)32)19-9-7-17(26)8-10-19/h2-13,29H,1H3. The number of halogens is 1. The van der Waals surface area contributed by atoms with E-state index in [2.05, 4.69) is 15.8 Å². The van der Waals surface area contributed by atoms with Crippen molar-refractivity contribution < 1.29 is 8.42 Å². The fourth-order valence-corrected chi connectivity index (χ4v) is 4.68. The smallest absolute Gasteiger partial charge is 0.293 e. The second-order valence-corrected chi connectivity index (χ2v) is 10.2. The third-order valence-corrected chi connectivity index (χ3v) is 6.33. The molecule has 0 saturated heterocycles. The lowest BCUT2D eigenvalue weighted by Gasteiger charge is -2.19. The van der Waals surface area contributed by atoms with Gasteiger partial charge in [0.15, 0.2) is 5.82 Å². The first-order valence-electron chi connectivity index (χ1n) is 10.5. The zero-order valence-electron chi connectivity index (χ0n) is 18.6. The highest BCUT2D eigenvalue weighted by atomic mass is 35.5. The topological polar surface area (TPSA) is 127 Å². The number of rotatable bonds is 4. The number of benzene rings is 3. The summed E-state index contributed by atoms with van der Waals surface area (Å²) in [7, 11) is -3.56. The highest BCUT2D eigenvalue weighted by molar-refractivity contribution is 7.92. The van der Waals surface area contributed by atoms with Gasteiger partial charge in [-0.2, -0.15) is 10.2 Å². The van der Waals surface area contributed by atoms with Gasteiger partial charge in [-0.3, -0.25) is 14.1 Å². The molecule has 2 aliphatic rings. The van der Waals surface area contributed by atoms with Gasteiger partial charge in [0, 0.05) is 10.7 Å². The van der Waals surface area contributed by atoms with E-state index in [9.17, 15) is 23.3 Å². The Kier molecular flexibility index (Phi) is 5.59. The van der Waals surface area contributed by atoms with E-state index in [1.54, 1.807) is 77.4 Å². The third kappa shape index (κ3) is 4.22. The van der Waals surface area contributed by atoms with Gasteiger partial charge in [-0.05, 0) is 66.0 Å². The number of nitrogens with zero attached hydrogens (tertiary/aromatic N) is 4. The first-order chi connectivity index (χ1) is 17.1. The van der Waals surface area contributed by atoms with Crippen molar-refractivity contribution in [1.29, 1.82) is 5.26 Å². The summed E-state index contributed by atoms with van der Waals surface area (Å²) in [6.45, 7) is 0. The van der Waals surface area contributed by atoms with Gasteiger partial charge < -0.3 is 0 Å². The molecular weight excluding hydrogens is 502 g/mol. The molecule has 0 aromatic heterocycles. The molecule has 0 amide bonds. The van der Waals surface area contributed by atoms with Gasteiger partial charge in [-0.15, -0.1) is 0 Å². The number of aromatic nitrogens is 3. The van der Waals surface area contributed by atoms with Crippen molar-refractivity contribution in [3.8, 4) is 28.8 Å². The number of hydrogen-bond donors (Lipinski definition) is 1. The van der Waals surface area contributed by atoms with E-state index in [1.807, 2.05) is 0 Å². The summed E-state index contributed by atoms with van der Waals surface area (Å²) in [5.74, 6) is 0.0642. The van der Waals surface area contributed by atoms with Crippen LogP contribution in [-0.2, 0) is 10.0 Å². The predicted octanol–water partition coefficient (Wildman–Crippen LogP) is 3.54. The maximum Gasteiger partial charge on any atom is 0.357 e. The number of hydrogen-bond acceptors (Lipinski definition) is 6. The average Bonchev–Trinajstić information content (AvgIpc) is 2.83. The molecule has 0 saturated carbocycles. The molecule has 0 radical (unpaired) electrons. The van der Waals surface area contributed by atoms with Crippen molar-refractivity contribution in [2.45, 2.75) is 0 Å². The van der Waals surface area contributed by atoms with Gasteiger partial charge in [0.2, 0.25) is 10.0 Å². The van der Waals surface area contributed by atoms with Crippen molar-refractivity contribution in [1.82, 2.24) is 14.1 Å². The molecule has 36 heavy (non-hydrogen) atoms. The summed E-state index contributed by atoms with van der Waals surface area (Å²) in [6, 6.07) is 21.3. The van der Waals surface area contributed by atoms with Crippen molar-refractivity contribution in [3.63, 3.8) is 0 Å². The van der Waals surface area contributed by atoms with Gasteiger partial charge in [-0.1, -0.05) is 23.7 Å². The Morgan fingerprint density at radius 1 is 0.944 bits per heavy atom. The lowest BCUT2D eigenvalue weighted by atomic mass is 10.1. The molecular formula is C25H16ClN5O4S. The number of sulfonamides is 1. The Morgan fingerprint density at radius 2 is 1.69 bits per heavy atom. The Bertz CT molecular complexity index is 1910. The number of fused-ring (bicyclic) bond motifs is 2. The molecule has 178 valence electrons. The van der Waals surface area contributed by atoms with E-state index in [4.69, 9.17) is 11.6 Å². The van der Waals surface area contributed by atoms with Crippen molar-refractivity contribution in [2.24, 2.45) is 0 Å². The van der Waals surface area contributed by atoms with E-state index in [0.717, 1.165) is 10.8 Å². The van der Waals surface area contributed by atoms with Crippen LogP contribution in [0.2, 0.25) is 5.02 Å². The Hall–Kier alpha value is -4.46. The lowest BCUT2D eigenvalue weighted by molar-refractivity contribution is 0.607. The van der Waals surface area contributed by atoms with Crippen LogP contribution in [0.3, 0.4) is 0 Å². The summed E-state index contributed by atoms with van der Waals surface area (Å²) in [4.78, 5) is 30.9. The monoisotopic (exact) mass is 517 g/mol. The summed E-state index contributed by atoms with van der Waals surface area (Å²) < 4.78 is 28.5. The van der Waals surface area contributed by atoms with Crippen LogP contribution in [0.15, 0.2) is 82.4 Å². The quantitative estimate of drug-likeness (QED) is 0.363. The SMILES string of the molecule is CS(=O)(=O)Nc1cccc(-n2c3nc(=O)n(-c4ccc(Cl)cc4)c(=O)c-3cc3ccc(C#N)cc32)c1. The highest BCUT2D eigenvalue weighted by Gasteiger charge is 2.22. The molecule has 3 aromatic rings. The largest absolute Gasteiger partial charge is 0.357 e. The minimum absolute atomic E-state index is 0.0642. The molecule has 11 heteroatoms. The molecule has 2 aliphatic heterocycles. The molecule has 1 N–H and O–H groups in total. The normalized spacial score (nSPS) is 11.5. The number of pyridine rings is 1. The maximum atomic E-state index is 13.6. The minimum atomic E-state index is -3.56. The van der Waals surface area contributed by atoms with Gasteiger partial charge in [-0.25, -0.2) is 17.8 Å². The summed E-state index contributed by atoms with van der Waals surface area (Å²) in [5, 5.41) is 10.5. The van der Waals surface area contributed by atoms with Gasteiger partial charge >= 0.3 is 5.69 Å². The summed E-state index contributed by atoms with van der Waals surface area (Å²) in [5.41, 5.74) is 0.665. The van der Waals surface area contributed by atoms with Crippen LogP contribution >= 0.6 is 11.6 Å². The van der Waals surface area contributed by atoms with Crippen LogP contribution in [0, 0.1) is 11.3 Å². The molecule has 9 nitrogen and oxygen atoms in total. The maximum absolute atomic E-state index is 13.6. The van der Waals surface area contributed by atoms with E-state index in [1.165, 1.54) is 0 Å². The van der Waals surface area contributed by atoms with Gasteiger partial charge in [0.1, 0.15) is 0 Å². The van der Waals surface area contributed by atoms with Crippen LogP contribution in [0.1, 0.15) is 5.56 Å². The molecule has 2 heterocycles. The molecule has 0 unspecified atom stereocenters.